The molecular weight excluding hydrogens is 507 g/mol. The van der Waals surface area contributed by atoms with Gasteiger partial charge in [-0.1, -0.05) is 30.3 Å². The number of hydrogen-bond acceptors (Lipinski definition) is 4. The molecule has 1 atom stereocenters. The van der Waals surface area contributed by atoms with Gasteiger partial charge in [0, 0.05) is 36.2 Å². The number of fused-ring (bicyclic) bond motifs is 2. The average Bonchev–Trinajstić information content (AvgIpc) is 3.68. The van der Waals surface area contributed by atoms with Gasteiger partial charge in [-0.2, -0.15) is 5.10 Å². The highest BCUT2D eigenvalue weighted by atomic mass is 19.1. The summed E-state index contributed by atoms with van der Waals surface area (Å²) in [5.74, 6) is -0.561. The molecule has 0 bridgehead atoms. The van der Waals surface area contributed by atoms with E-state index in [4.69, 9.17) is 15.2 Å². The molecule has 1 amide bonds. The molecule has 0 unspecified atom stereocenters. The first-order valence-corrected chi connectivity index (χ1v) is 14.2. The van der Waals surface area contributed by atoms with Crippen molar-refractivity contribution in [2.75, 3.05) is 6.54 Å². The van der Waals surface area contributed by atoms with Crippen LogP contribution in [0.4, 0.5) is 4.39 Å². The third kappa shape index (κ3) is 4.35. The van der Waals surface area contributed by atoms with Crippen LogP contribution >= 0.6 is 0 Å². The third-order valence-electron chi connectivity index (χ3n) is 8.96. The highest BCUT2D eigenvalue weighted by Crippen LogP contribution is 2.44. The number of nitrogens with zero attached hydrogens (tertiary/aromatic N) is 4. The molecule has 2 saturated carbocycles. The molecule has 7 nitrogen and oxygen atoms in total. The van der Waals surface area contributed by atoms with Crippen molar-refractivity contribution in [3.05, 3.63) is 88.5 Å². The lowest BCUT2D eigenvalue weighted by atomic mass is 9.70. The lowest BCUT2D eigenvalue weighted by molar-refractivity contribution is -0.138. The number of carbonyl (C=O) groups excluding carboxylic acids is 1. The first-order valence-electron chi connectivity index (χ1n) is 14.2. The maximum atomic E-state index is 15.4. The molecule has 8 heteroatoms. The predicted octanol–water partition coefficient (Wildman–Crippen LogP) is 6.14. The van der Waals surface area contributed by atoms with Crippen LogP contribution in [0.15, 0.2) is 54.6 Å². The summed E-state index contributed by atoms with van der Waals surface area (Å²) in [6.45, 7) is 2.71. The van der Waals surface area contributed by atoms with E-state index in [1.807, 2.05) is 29.2 Å². The van der Waals surface area contributed by atoms with Gasteiger partial charge < -0.3 is 10.0 Å². The summed E-state index contributed by atoms with van der Waals surface area (Å²) in [6, 6.07) is 17.1. The number of hydrogen-bond donors (Lipinski definition) is 1. The molecule has 2 aromatic heterocycles. The smallest absolute Gasteiger partial charge is 0.303 e. The van der Waals surface area contributed by atoms with Crippen molar-refractivity contribution in [3.63, 3.8) is 0 Å². The number of amides is 1. The zero-order valence-corrected chi connectivity index (χ0v) is 22.4. The fourth-order valence-electron chi connectivity index (χ4n) is 6.52. The van der Waals surface area contributed by atoms with Crippen molar-refractivity contribution in [3.8, 4) is 11.3 Å². The molecule has 3 aliphatic rings. The standard InChI is InChI=1S/C32H31FN4O3/c1-18-24-5-3-2-4-20(24)10-11-36(18)32(40)28-16-29(21-6-7-21)37-30(34-28)17-27(35-37)25-9-8-22(15-26(25)33)23-12-19(13-23)14-31(38)39/h2-5,8-9,15-19,21,23H,6-7,10-14H2,1H3,(H,38,39)/t18-,19-,23+/m1/s1. The van der Waals surface area contributed by atoms with Gasteiger partial charge in [0.05, 0.1) is 11.7 Å². The molecule has 2 fully saturated rings. The molecule has 1 aliphatic heterocycles. The molecule has 204 valence electrons. The summed E-state index contributed by atoms with van der Waals surface area (Å²) in [7, 11) is 0. The Balaban J connectivity index is 1.18. The minimum Gasteiger partial charge on any atom is -0.481 e. The zero-order chi connectivity index (χ0) is 27.5. The van der Waals surface area contributed by atoms with E-state index in [0.717, 1.165) is 43.4 Å². The summed E-state index contributed by atoms with van der Waals surface area (Å²) < 4.78 is 17.1. The largest absolute Gasteiger partial charge is 0.481 e. The van der Waals surface area contributed by atoms with Gasteiger partial charge in [0.15, 0.2) is 5.65 Å². The highest BCUT2D eigenvalue weighted by Gasteiger charge is 2.34. The summed E-state index contributed by atoms with van der Waals surface area (Å²) in [5, 5.41) is 13.7. The second-order valence-corrected chi connectivity index (χ2v) is 11.6. The van der Waals surface area contributed by atoms with Crippen molar-refractivity contribution in [1.82, 2.24) is 19.5 Å². The monoisotopic (exact) mass is 538 g/mol. The van der Waals surface area contributed by atoms with Gasteiger partial charge in [-0.3, -0.25) is 9.59 Å². The van der Waals surface area contributed by atoms with Gasteiger partial charge in [-0.25, -0.2) is 13.9 Å². The Morgan fingerprint density at radius 1 is 1.05 bits per heavy atom. The fraction of sp³-hybridized carbons (Fsp3) is 0.375. The first-order chi connectivity index (χ1) is 19.4. The van der Waals surface area contributed by atoms with Crippen LogP contribution in [0, 0.1) is 11.7 Å². The van der Waals surface area contributed by atoms with E-state index in [1.165, 1.54) is 11.1 Å². The summed E-state index contributed by atoms with van der Waals surface area (Å²) in [4.78, 5) is 31.3. The Morgan fingerprint density at radius 2 is 1.85 bits per heavy atom. The number of carboxylic acids is 1. The molecule has 2 aliphatic carbocycles. The SMILES string of the molecule is C[C@@H]1c2ccccc2CCN1C(=O)c1cc(C2CC2)n2nc(-c3ccc([C@H]4C[C@@H](CC(=O)O)C4)cc3F)cc2n1. The maximum absolute atomic E-state index is 15.4. The molecule has 40 heavy (non-hydrogen) atoms. The molecule has 0 radical (unpaired) electrons. The number of aliphatic carboxylic acids is 1. The van der Waals surface area contributed by atoms with Crippen LogP contribution in [0.2, 0.25) is 0 Å². The van der Waals surface area contributed by atoms with Gasteiger partial charge in [-0.05, 0) is 85.8 Å². The van der Waals surface area contributed by atoms with Crippen LogP contribution in [-0.4, -0.2) is 43.0 Å². The Bertz CT molecular complexity index is 1650. The van der Waals surface area contributed by atoms with Crippen molar-refractivity contribution in [2.24, 2.45) is 5.92 Å². The van der Waals surface area contributed by atoms with E-state index < -0.39 is 5.97 Å². The van der Waals surface area contributed by atoms with E-state index in [0.29, 0.717) is 35.1 Å². The normalized spacial score (nSPS) is 22.1. The van der Waals surface area contributed by atoms with Crippen LogP contribution < -0.4 is 0 Å². The van der Waals surface area contributed by atoms with E-state index in [2.05, 4.69) is 19.1 Å². The summed E-state index contributed by atoms with van der Waals surface area (Å²) in [5.41, 5.74) is 6.14. The van der Waals surface area contributed by atoms with Gasteiger partial charge in [0.25, 0.3) is 5.91 Å². The van der Waals surface area contributed by atoms with Crippen LogP contribution in [0.1, 0.15) is 89.8 Å². The molecular formula is C32H31FN4O3. The summed E-state index contributed by atoms with van der Waals surface area (Å²) >= 11 is 0. The predicted molar refractivity (Wildman–Crippen MR) is 148 cm³/mol. The number of aromatic nitrogens is 3. The van der Waals surface area contributed by atoms with Crippen molar-refractivity contribution in [2.45, 2.75) is 63.3 Å². The first kappa shape index (κ1) is 24.9. The number of benzene rings is 2. The number of carboxylic acid groups (broad SMARTS) is 1. The second kappa shape index (κ2) is 9.54. The minimum absolute atomic E-state index is 0.0389. The van der Waals surface area contributed by atoms with E-state index in [1.54, 1.807) is 22.7 Å². The molecule has 0 spiro atoms. The van der Waals surface area contributed by atoms with Crippen molar-refractivity contribution >= 4 is 17.5 Å². The molecule has 0 saturated heterocycles. The zero-order valence-electron chi connectivity index (χ0n) is 22.4. The molecule has 1 N–H and O–H groups in total. The fourth-order valence-corrected chi connectivity index (χ4v) is 6.52. The Labute approximate surface area is 231 Å². The topological polar surface area (TPSA) is 87.8 Å². The molecule has 2 aromatic carbocycles. The van der Waals surface area contributed by atoms with Gasteiger partial charge in [0.1, 0.15) is 11.5 Å². The average molecular weight is 539 g/mol. The van der Waals surface area contributed by atoms with Gasteiger partial charge >= 0.3 is 5.97 Å². The van der Waals surface area contributed by atoms with Crippen LogP contribution in [0.25, 0.3) is 16.9 Å². The van der Waals surface area contributed by atoms with E-state index in [-0.39, 0.29) is 36.0 Å². The van der Waals surface area contributed by atoms with E-state index in [9.17, 15) is 9.59 Å². The second-order valence-electron chi connectivity index (χ2n) is 11.6. The number of rotatable bonds is 6. The lowest BCUT2D eigenvalue weighted by Crippen LogP contribution is -2.39. The number of halogens is 1. The summed E-state index contributed by atoms with van der Waals surface area (Å²) in [6.07, 6.45) is 4.59. The number of carbonyl (C=O) groups is 2. The lowest BCUT2D eigenvalue weighted by Gasteiger charge is -2.35. The van der Waals surface area contributed by atoms with Crippen LogP contribution in [-0.2, 0) is 11.2 Å². The Kier molecular flexibility index (Phi) is 5.95. The van der Waals surface area contributed by atoms with Gasteiger partial charge in [0.2, 0.25) is 0 Å². The van der Waals surface area contributed by atoms with E-state index >= 15 is 4.39 Å². The van der Waals surface area contributed by atoms with Crippen molar-refractivity contribution < 1.29 is 19.1 Å². The van der Waals surface area contributed by atoms with Crippen LogP contribution in [0.3, 0.4) is 0 Å². The minimum atomic E-state index is -0.781. The van der Waals surface area contributed by atoms with Crippen LogP contribution in [0.5, 0.6) is 0 Å². The third-order valence-corrected chi connectivity index (χ3v) is 8.96. The van der Waals surface area contributed by atoms with Gasteiger partial charge in [-0.15, -0.1) is 0 Å². The highest BCUT2D eigenvalue weighted by molar-refractivity contribution is 5.93. The molecule has 7 rings (SSSR count). The van der Waals surface area contributed by atoms with Crippen molar-refractivity contribution in [1.29, 1.82) is 0 Å². The Hall–Kier alpha value is -4.07. The maximum Gasteiger partial charge on any atom is 0.303 e. The Morgan fingerprint density at radius 3 is 2.60 bits per heavy atom. The molecule has 4 aromatic rings. The molecule has 3 heterocycles. The quantitative estimate of drug-likeness (QED) is 0.319.